The third-order valence-corrected chi connectivity index (χ3v) is 4.78. The molecule has 3 aromatic rings. The van der Waals surface area contributed by atoms with Gasteiger partial charge in [-0.3, -0.25) is 10.1 Å². The van der Waals surface area contributed by atoms with Crippen molar-refractivity contribution in [1.29, 1.82) is 0 Å². The summed E-state index contributed by atoms with van der Waals surface area (Å²) >= 11 is 0. The van der Waals surface area contributed by atoms with Gasteiger partial charge in [0.15, 0.2) is 0 Å². The van der Waals surface area contributed by atoms with E-state index in [1.54, 1.807) is 36.4 Å². The van der Waals surface area contributed by atoms with E-state index in [1.807, 2.05) is 24.3 Å². The van der Waals surface area contributed by atoms with Crippen molar-refractivity contribution in [2.75, 3.05) is 13.2 Å². The Morgan fingerprint density at radius 3 is 1.83 bits per heavy atom. The molecule has 0 radical (unpaired) electrons. The zero-order chi connectivity index (χ0) is 25.2. The number of aromatic nitrogens is 2. The summed E-state index contributed by atoms with van der Waals surface area (Å²) in [4.78, 5) is 19.0. The van der Waals surface area contributed by atoms with Crippen LogP contribution in [0, 0.1) is 10.1 Å². The quantitative estimate of drug-likeness (QED) is 0.200. The van der Waals surface area contributed by atoms with Gasteiger partial charge in [-0.2, -0.15) is 9.97 Å². The summed E-state index contributed by atoms with van der Waals surface area (Å²) in [6, 6.07) is 17.7. The molecule has 0 unspecified atom stereocenters. The first kappa shape index (κ1) is 25.8. The molecule has 0 amide bonds. The van der Waals surface area contributed by atoms with Crippen LogP contribution in [0.1, 0.15) is 11.1 Å². The lowest BCUT2D eigenvalue weighted by atomic mass is 10.1. The number of nitrogens with zero attached hydrogens (tertiary/aromatic N) is 3. The van der Waals surface area contributed by atoms with Crippen LogP contribution in [0.4, 0.5) is 5.69 Å². The molecule has 4 N–H and O–H groups in total. The lowest BCUT2D eigenvalue weighted by Crippen LogP contribution is -2.42. The maximum atomic E-state index is 11.8. The van der Waals surface area contributed by atoms with E-state index in [0.717, 1.165) is 11.1 Å². The van der Waals surface area contributed by atoms with Crippen molar-refractivity contribution in [1.82, 2.24) is 9.97 Å². The largest absolute Gasteiger partial charge is 0.470 e. The van der Waals surface area contributed by atoms with Gasteiger partial charge in [0, 0.05) is 0 Å². The molecule has 186 valence electrons. The minimum atomic E-state index is -1.76. The van der Waals surface area contributed by atoms with Crippen molar-refractivity contribution in [2.24, 2.45) is 0 Å². The molecule has 0 fully saturated rings. The van der Waals surface area contributed by atoms with Gasteiger partial charge in [0.2, 0.25) is 0 Å². The maximum Gasteiger partial charge on any atom is 0.392 e. The first-order valence-corrected chi connectivity index (χ1v) is 10.6. The van der Waals surface area contributed by atoms with E-state index in [2.05, 4.69) is 9.97 Å². The van der Waals surface area contributed by atoms with E-state index < -0.39 is 53.9 Å². The van der Waals surface area contributed by atoms with Gasteiger partial charge in [0.1, 0.15) is 38.1 Å². The van der Waals surface area contributed by atoms with Crippen molar-refractivity contribution in [2.45, 2.75) is 31.5 Å². The van der Waals surface area contributed by atoms with Gasteiger partial charge in [-0.05, 0) is 11.1 Å². The molecule has 12 heteroatoms. The maximum absolute atomic E-state index is 11.8. The van der Waals surface area contributed by atoms with Crippen LogP contribution < -0.4 is 14.2 Å². The van der Waals surface area contributed by atoms with Gasteiger partial charge in [-0.25, -0.2) is 0 Å². The predicted octanol–water partition coefficient (Wildman–Crippen LogP) is 0.997. The molecule has 1 heterocycles. The van der Waals surface area contributed by atoms with Crippen LogP contribution in [-0.2, 0) is 13.2 Å². The fourth-order valence-electron chi connectivity index (χ4n) is 2.89. The Labute approximate surface area is 200 Å². The second-order valence-corrected chi connectivity index (χ2v) is 7.39. The second-order valence-electron chi connectivity index (χ2n) is 7.39. The van der Waals surface area contributed by atoms with Gasteiger partial charge in [0.25, 0.3) is 0 Å². The van der Waals surface area contributed by atoms with Gasteiger partial charge < -0.3 is 34.6 Å². The molecule has 3 rings (SSSR count). The molecule has 1 aromatic heterocycles. The molecular formula is C23H25N3O9. The number of hydrogen-bond donors (Lipinski definition) is 4. The average Bonchev–Trinajstić information content (AvgIpc) is 2.89. The predicted molar refractivity (Wildman–Crippen MR) is 121 cm³/mol. The van der Waals surface area contributed by atoms with Crippen molar-refractivity contribution in [3.05, 3.63) is 81.9 Å². The molecule has 35 heavy (non-hydrogen) atoms. The summed E-state index contributed by atoms with van der Waals surface area (Å²) in [6.07, 6.45) is -5.08. The summed E-state index contributed by atoms with van der Waals surface area (Å²) in [5.41, 5.74) is 0.809. The number of hydrogen-bond acceptors (Lipinski definition) is 11. The van der Waals surface area contributed by atoms with Crippen molar-refractivity contribution in [3.63, 3.8) is 0 Å². The molecular weight excluding hydrogens is 462 g/mol. The van der Waals surface area contributed by atoms with Crippen LogP contribution in [0.3, 0.4) is 0 Å². The Balaban J connectivity index is 1.87. The summed E-state index contributed by atoms with van der Waals surface area (Å²) in [5, 5.41) is 50.1. The third-order valence-electron chi connectivity index (χ3n) is 4.78. The highest BCUT2D eigenvalue weighted by molar-refractivity contribution is 5.50. The number of aliphatic hydroxyl groups is 4. The molecule has 0 saturated heterocycles. The Bertz CT molecular complexity index is 1090. The van der Waals surface area contributed by atoms with Gasteiger partial charge in [0.05, 0.1) is 11.5 Å². The minimum absolute atomic E-state index is 0.0414. The number of benzene rings is 2. The van der Waals surface area contributed by atoms with Crippen LogP contribution in [0.5, 0.6) is 17.8 Å². The minimum Gasteiger partial charge on any atom is -0.470 e. The average molecular weight is 487 g/mol. The highest BCUT2D eigenvalue weighted by Crippen LogP contribution is 2.36. The van der Waals surface area contributed by atoms with E-state index in [9.17, 15) is 25.4 Å². The first-order chi connectivity index (χ1) is 16.9. The molecule has 0 spiro atoms. The van der Waals surface area contributed by atoms with Crippen molar-refractivity contribution < 1.29 is 39.6 Å². The fourth-order valence-corrected chi connectivity index (χ4v) is 2.89. The molecule has 3 atom stereocenters. The van der Waals surface area contributed by atoms with Gasteiger partial charge in [-0.1, -0.05) is 60.7 Å². The van der Waals surface area contributed by atoms with Crippen molar-refractivity contribution >= 4 is 5.69 Å². The van der Waals surface area contributed by atoms with Gasteiger partial charge >= 0.3 is 23.5 Å². The highest BCUT2D eigenvalue weighted by Gasteiger charge is 2.31. The highest BCUT2D eigenvalue weighted by atomic mass is 16.6. The Morgan fingerprint density at radius 2 is 1.31 bits per heavy atom. The zero-order valence-electron chi connectivity index (χ0n) is 18.5. The zero-order valence-corrected chi connectivity index (χ0v) is 18.5. The van der Waals surface area contributed by atoms with E-state index in [-0.39, 0.29) is 19.2 Å². The monoisotopic (exact) mass is 487 g/mol. The van der Waals surface area contributed by atoms with Crippen LogP contribution in [0.2, 0.25) is 0 Å². The number of ether oxygens (including phenoxy) is 3. The van der Waals surface area contributed by atoms with E-state index in [1.165, 1.54) is 0 Å². The van der Waals surface area contributed by atoms with E-state index in [4.69, 9.17) is 19.3 Å². The van der Waals surface area contributed by atoms with Gasteiger partial charge in [-0.15, -0.1) is 0 Å². The summed E-state index contributed by atoms with van der Waals surface area (Å²) in [6.45, 7) is -1.48. The number of nitro groups is 1. The first-order valence-electron chi connectivity index (χ1n) is 10.6. The van der Waals surface area contributed by atoms with E-state index >= 15 is 0 Å². The second kappa shape index (κ2) is 12.6. The Morgan fingerprint density at radius 1 is 0.800 bits per heavy atom. The van der Waals surface area contributed by atoms with Crippen LogP contribution in [0.25, 0.3) is 0 Å². The molecule has 0 aliphatic rings. The summed E-state index contributed by atoms with van der Waals surface area (Å²) in [7, 11) is 0. The molecule has 0 bridgehead atoms. The molecule has 0 aliphatic heterocycles. The fraction of sp³-hybridized carbons (Fsp3) is 0.304. The van der Waals surface area contributed by atoms with Crippen LogP contribution in [-0.4, -0.2) is 66.8 Å². The SMILES string of the molecule is O=[N+]([O-])c1c(OCc2ccccc2)nc(OCc2ccccc2)nc1OC[C@H](O)[C@H](O)[C@H](O)CO. The lowest BCUT2D eigenvalue weighted by Gasteiger charge is -2.21. The summed E-state index contributed by atoms with van der Waals surface area (Å²) < 4.78 is 16.5. The van der Waals surface area contributed by atoms with Crippen LogP contribution >= 0.6 is 0 Å². The van der Waals surface area contributed by atoms with E-state index in [0.29, 0.717) is 0 Å². The Hall–Kier alpha value is -3.84. The molecule has 12 nitrogen and oxygen atoms in total. The topological polar surface area (TPSA) is 178 Å². The van der Waals surface area contributed by atoms with Crippen LogP contribution in [0.15, 0.2) is 60.7 Å². The Kier molecular flexibility index (Phi) is 9.26. The lowest BCUT2D eigenvalue weighted by molar-refractivity contribution is -0.387. The number of rotatable bonds is 13. The number of aliphatic hydroxyl groups excluding tert-OH is 4. The molecule has 2 aromatic carbocycles. The summed E-state index contributed by atoms with van der Waals surface area (Å²) in [5.74, 6) is -0.988. The smallest absolute Gasteiger partial charge is 0.392 e. The van der Waals surface area contributed by atoms with Crippen molar-refractivity contribution in [3.8, 4) is 17.8 Å². The molecule has 0 saturated carbocycles. The standard InChI is InChI=1S/C23H25N3O9/c27-11-17(28)20(30)18(29)14-34-22-19(26(31)32)21(33-12-15-7-3-1-4-8-15)24-23(25-22)35-13-16-9-5-2-6-10-16/h1-10,17-18,20,27-30H,11-14H2/t17-,18+,20-/m1/s1. The normalized spacial score (nSPS) is 13.5. The molecule has 0 aliphatic carbocycles. The third kappa shape index (κ3) is 7.32.